The van der Waals surface area contributed by atoms with Crippen molar-refractivity contribution in [3.05, 3.63) is 47.4 Å². The van der Waals surface area contributed by atoms with Crippen LogP contribution in [0.4, 0.5) is 22.0 Å². The van der Waals surface area contributed by atoms with E-state index in [1.54, 1.807) is 21.0 Å². The highest BCUT2D eigenvalue weighted by atomic mass is 32.2. The highest BCUT2D eigenvalue weighted by Crippen LogP contribution is 2.66. The average Bonchev–Trinajstić information content (AvgIpc) is 3.54. The Bertz CT molecular complexity index is 1250. The lowest BCUT2D eigenvalue weighted by Crippen LogP contribution is -2.43. The van der Waals surface area contributed by atoms with Gasteiger partial charge in [-0.05, 0) is 31.1 Å². The van der Waals surface area contributed by atoms with Crippen molar-refractivity contribution in [3.8, 4) is 5.88 Å². The number of hydrogen-bond acceptors (Lipinski definition) is 8. The zero-order chi connectivity index (χ0) is 26.5. The van der Waals surface area contributed by atoms with Gasteiger partial charge in [-0.3, -0.25) is 9.79 Å². The molecule has 36 heavy (non-hydrogen) atoms. The molecule has 0 saturated heterocycles. The Hall–Kier alpha value is -3.29. The molecule has 1 aliphatic heterocycles. The van der Waals surface area contributed by atoms with E-state index in [0.29, 0.717) is 6.42 Å². The fourth-order valence-electron chi connectivity index (χ4n) is 4.22. The minimum absolute atomic E-state index is 0.0488. The van der Waals surface area contributed by atoms with E-state index >= 15 is 0 Å². The van der Waals surface area contributed by atoms with Crippen LogP contribution in [-0.2, 0) is 10.3 Å². The number of carbonyl (C=O) groups is 1. The van der Waals surface area contributed by atoms with Crippen molar-refractivity contribution in [1.29, 1.82) is 0 Å². The number of amides is 1. The van der Waals surface area contributed by atoms with Crippen LogP contribution in [0.3, 0.4) is 0 Å². The number of nitrogens with zero attached hydrogens (tertiary/aromatic N) is 5. The van der Waals surface area contributed by atoms with Crippen molar-refractivity contribution in [2.45, 2.75) is 29.8 Å². The van der Waals surface area contributed by atoms with Crippen LogP contribution in [0.2, 0.25) is 0 Å². The highest BCUT2D eigenvalue weighted by molar-refractivity contribution is 8.15. The molecule has 3 heterocycles. The molecule has 0 bridgehead atoms. The number of amidine groups is 1. The number of aliphatic imine (C=N–C) groups is 1. The molecule has 0 radical (unpaired) electrons. The predicted octanol–water partition coefficient (Wildman–Crippen LogP) is 3.54. The second-order valence-electron chi connectivity index (χ2n) is 8.79. The standard InChI is InChI=1S/C22H21F5N6O2S/c1-20(15-6-21(15,18(34)33(2)3)36-19(28)32-20)12-4-11(7-31-17(12)24)5-13(23)14-8-30-16(9-29-14)35-10-22(25,26)27/h4-5,7-9,15H,6,10H2,1-3H3,(H2,28,32)/b13-5-/t15?,20-,21+/m1/s1. The van der Waals surface area contributed by atoms with Crippen LogP contribution >= 0.6 is 11.8 Å². The van der Waals surface area contributed by atoms with Crippen molar-refractivity contribution in [3.63, 3.8) is 0 Å². The molecule has 3 atom stereocenters. The molecular formula is C22H21F5N6O2S. The Morgan fingerprint density at radius 1 is 1.28 bits per heavy atom. The lowest BCUT2D eigenvalue weighted by Gasteiger charge is -2.34. The Kier molecular flexibility index (Phi) is 6.43. The number of alkyl halides is 3. The van der Waals surface area contributed by atoms with Crippen LogP contribution in [0.25, 0.3) is 11.9 Å². The maximum Gasteiger partial charge on any atom is 0.422 e. The van der Waals surface area contributed by atoms with Crippen LogP contribution in [0.5, 0.6) is 5.88 Å². The van der Waals surface area contributed by atoms with Crippen LogP contribution < -0.4 is 10.5 Å². The van der Waals surface area contributed by atoms with Gasteiger partial charge in [0.05, 0.1) is 17.9 Å². The van der Waals surface area contributed by atoms with Gasteiger partial charge in [0.1, 0.15) is 10.4 Å². The molecule has 2 aliphatic rings. The number of halogens is 5. The van der Waals surface area contributed by atoms with Crippen molar-refractivity contribution in [2.75, 3.05) is 20.7 Å². The largest absolute Gasteiger partial charge is 0.467 e. The Morgan fingerprint density at radius 3 is 2.61 bits per heavy atom. The molecule has 1 fully saturated rings. The molecule has 0 aromatic carbocycles. The first-order valence-electron chi connectivity index (χ1n) is 10.6. The van der Waals surface area contributed by atoms with Crippen molar-refractivity contribution >= 4 is 34.7 Å². The second-order valence-corrected chi connectivity index (χ2v) is 10.1. The minimum Gasteiger partial charge on any atom is -0.467 e. The van der Waals surface area contributed by atoms with Gasteiger partial charge in [0.2, 0.25) is 17.7 Å². The number of carbonyl (C=O) groups excluding carboxylic acids is 1. The molecule has 1 aliphatic carbocycles. The molecule has 2 N–H and O–H groups in total. The van der Waals surface area contributed by atoms with E-state index in [1.165, 1.54) is 11.0 Å². The third-order valence-corrected chi connectivity index (χ3v) is 7.23. The minimum atomic E-state index is -4.55. The maximum absolute atomic E-state index is 14.9. The summed E-state index contributed by atoms with van der Waals surface area (Å²) < 4.78 is 70.1. The van der Waals surface area contributed by atoms with Gasteiger partial charge in [0, 0.05) is 31.8 Å². The van der Waals surface area contributed by atoms with Crippen molar-refractivity contribution < 1.29 is 31.5 Å². The van der Waals surface area contributed by atoms with Crippen LogP contribution in [0.15, 0.2) is 29.6 Å². The average molecular weight is 529 g/mol. The second kappa shape index (κ2) is 8.98. The summed E-state index contributed by atoms with van der Waals surface area (Å²) >= 11 is 1.15. The van der Waals surface area contributed by atoms with Crippen LogP contribution in [-0.4, -0.2) is 62.6 Å². The molecule has 192 valence electrons. The summed E-state index contributed by atoms with van der Waals surface area (Å²) in [5.41, 5.74) is 4.76. The molecule has 1 amide bonds. The molecule has 1 unspecified atom stereocenters. The number of rotatable bonds is 6. The first-order valence-corrected chi connectivity index (χ1v) is 11.4. The topological polar surface area (TPSA) is 107 Å². The van der Waals surface area contributed by atoms with Crippen molar-refractivity contribution in [2.24, 2.45) is 16.6 Å². The first-order chi connectivity index (χ1) is 16.7. The van der Waals surface area contributed by atoms with E-state index in [-0.39, 0.29) is 33.8 Å². The van der Waals surface area contributed by atoms with Gasteiger partial charge in [-0.15, -0.1) is 0 Å². The molecule has 8 nitrogen and oxygen atoms in total. The number of nitrogens with two attached hydrogens (primary N) is 1. The van der Waals surface area contributed by atoms with E-state index in [4.69, 9.17) is 5.73 Å². The van der Waals surface area contributed by atoms with E-state index in [2.05, 4.69) is 24.7 Å². The van der Waals surface area contributed by atoms with Gasteiger partial charge in [0.15, 0.2) is 17.6 Å². The van der Waals surface area contributed by atoms with Gasteiger partial charge in [-0.2, -0.15) is 17.6 Å². The van der Waals surface area contributed by atoms with Gasteiger partial charge in [-0.25, -0.2) is 19.3 Å². The van der Waals surface area contributed by atoms with E-state index < -0.39 is 40.7 Å². The predicted molar refractivity (Wildman–Crippen MR) is 123 cm³/mol. The SMILES string of the molecule is CN(C)C(=O)[C@]12CC1[C@@](C)(c1cc(/C=C(\F)c3cnc(OCC(F)(F)F)cn3)cnc1F)N=C(N)S2. The maximum atomic E-state index is 14.9. The summed E-state index contributed by atoms with van der Waals surface area (Å²) in [4.78, 5) is 29.8. The third kappa shape index (κ3) is 4.86. The fourth-order valence-corrected chi connectivity index (χ4v) is 5.72. The van der Waals surface area contributed by atoms with E-state index in [1.807, 2.05) is 0 Å². The molecule has 0 spiro atoms. The van der Waals surface area contributed by atoms with E-state index in [0.717, 1.165) is 36.4 Å². The summed E-state index contributed by atoms with van der Waals surface area (Å²) in [6, 6.07) is 1.37. The number of hydrogen-bond donors (Lipinski definition) is 1. The van der Waals surface area contributed by atoms with Crippen LogP contribution in [0.1, 0.15) is 30.2 Å². The summed E-state index contributed by atoms with van der Waals surface area (Å²) in [6.45, 7) is 0.0973. The van der Waals surface area contributed by atoms with Crippen LogP contribution in [0, 0.1) is 11.9 Å². The zero-order valence-corrected chi connectivity index (χ0v) is 20.1. The summed E-state index contributed by atoms with van der Waals surface area (Å²) in [5, 5.41) is 0.135. The normalized spacial score (nSPS) is 25.6. The molecule has 4 rings (SSSR count). The quantitative estimate of drug-likeness (QED) is 0.452. The van der Waals surface area contributed by atoms with E-state index in [9.17, 15) is 26.7 Å². The van der Waals surface area contributed by atoms with Gasteiger partial charge < -0.3 is 15.4 Å². The monoisotopic (exact) mass is 528 g/mol. The summed E-state index contributed by atoms with van der Waals surface area (Å²) in [7, 11) is 3.25. The first kappa shape index (κ1) is 25.8. The molecule has 2 aromatic heterocycles. The molecule has 14 heteroatoms. The lowest BCUT2D eigenvalue weighted by molar-refractivity contribution is -0.154. The number of ether oxygens (including phenoxy) is 1. The fraction of sp³-hybridized carbons (Fsp3) is 0.409. The Morgan fingerprint density at radius 2 is 2.00 bits per heavy atom. The third-order valence-electron chi connectivity index (χ3n) is 5.94. The zero-order valence-electron chi connectivity index (χ0n) is 19.3. The lowest BCUT2D eigenvalue weighted by atomic mass is 9.86. The number of thioether (sulfide) groups is 1. The van der Waals surface area contributed by atoms with Crippen molar-refractivity contribution in [1.82, 2.24) is 19.9 Å². The molecular weight excluding hydrogens is 507 g/mol. The Balaban J connectivity index is 1.61. The van der Waals surface area contributed by atoms with Gasteiger partial charge in [0.25, 0.3) is 0 Å². The number of fused-ring (bicyclic) bond motifs is 1. The molecule has 2 aromatic rings. The Labute approximate surface area is 206 Å². The number of aromatic nitrogens is 3. The van der Waals surface area contributed by atoms with Gasteiger partial charge in [-0.1, -0.05) is 11.8 Å². The van der Waals surface area contributed by atoms with Gasteiger partial charge >= 0.3 is 6.18 Å². The molecule has 1 saturated carbocycles. The highest BCUT2D eigenvalue weighted by Gasteiger charge is 2.71. The summed E-state index contributed by atoms with van der Waals surface area (Å²) in [5.74, 6) is -2.65. The summed E-state index contributed by atoms with van der Waals surface area (Å²) in [6.07, 6.45) is -0.231. The smallest absolute Gasteiger partial charge is 0.422 e. The number of pyridine rings is 1.